The van der Waals surface area contributed by atoms with E-state index in [9.17, 15) is 4.79 Å². The summed E-state index contributed by atoms with van der Waals surface area (Å²) in [6.45, 7) is 2.73. The van der Waals surface area contributed by atoms with Gasteiger partial charge in [0.15, 0.2) is 0 Å². The Morgan fingerprint density at radius 2 is 2.17 bits per heavy atom. The molecule has 0 spiro atoms. The third-order valence-electron chi connectivity index (χ3n) is 1.50. The van der Waals surface area contributed by atoms with E-state index in [1.807, 2.05) is 0 Å². The number of rotatable bonds is 6. The van der Waals surface area contributed by atoms with Crippen molar-refractivity contribution in [1.29, 1.82) is 0 Å². The molecule has 0 aromatic rings. The lowest BCUT2D eigenvalue weighted by atomic mass is 10.3. The average molecular weight is 191 g/mol. The van der Waals surface area contributed by atoms with Gasteiger partial charge in [0.2, 0.25) is 5.91 Å². The van der Waals surface area contributed by atoms with Crippen molar-refractivity contribution >= 4 is 17.7 Å². The summed E-state index contributed by atoms with van der Waals surface area (Å²) in [6.07, 6.45) is 0.941. The van der Waals surface area contributed by atoms with Gasteiger partial charge in [0.25, 0.3) is 0 Å². The number of carbonyl (C=O) groups excluding carboxylic acids is 1. The Labute approximate surface area is 77.2 Å². The number of nitrogens with two attached hydrogens (primary N) is 3. The minimum Gasteiger partial charge on any atom is -0.368 e. The van der Waals surface area contributed by atoms with Crippen LogP contribution >= 0.6 is 11.8 Å². The Hall–Kier alpha value is -0.260. The Morgan fingerprint density at radius 3 is 2.58 bits per heavy atom. The summed E-state index contributed by atoms with van der Waals surface area (Å²) in [5.74, 6) is 0.138. The quantitative estimate of drug-likeness (QED) is 0.516. The van der Waals surface area contributed by atoms with Crippen LogP contribution in [-0.2, 0) is 4.79 Å². The van der Waals surface area contributed by atoms with E-state index in [1.54, 1.807) is 11.8 Å². The zero-order valence-electron chi connectivity index (χ0n) is 7.32. The van der Waals surface area contributed by atoms with Crippen LogP contribution in [0, 0.1) is 0 Å². The van der Waals surface area contributed by atoms with E-state index in [0.29, 0.717) is 17.5 Å². The summed E-state index contributed by atoms with van der Waals surface area (Å²) in [5, 5.41) is 0.445. The van der Waals surface area contributed by atoms with Crippen LogP contribution in [0.2, 0.25) is 0 Å². The highest BCUT2D eigenvalue weighted by Crippen LogP contribution is 2.13. The van der Waals surface area contributed by atoms with Gasteiger partial charge in [-0.2, -0.15) is 11.8 Å². The summed E-state index contributed by atoms with van der Waals surface area (Å²) in [4.78, 5) is 10.5. The zero-order chi connectivity index (χ0) is 9.56. The van der Waals surface area contributed by atoms with Gasteiger partial charge in [-0.1, -0.05) is 6.92 Å². The van der Waals surface area contributed by atoms with Gasteiger partial charge in [-0.25, -0.2) is 0 Å². The van der Waals surface area contributed by atoms with Gasteiger partial charge in [0.05, 0.1) is 6.04 Å². The minimum absolute atomic E-state index is 0.442. The molecule has 12 heavy (non-hydrogen) atoms. The fourth-order valence-electron chi connectivity index (χ4n) is 0.668. The fraction of sp³-hybridized carbons (Fsp3) is 0.857. The molecule has 0 aliphatic carbocycles. The normalized spacial score (nSPS) is 15.6. The maximum atomic E-state index is 10.5. The van der Waals surface area contributed by atoms with Crippen molar-refractivity contribution in [2.75, 3.05) is 12.3 Å². The van der Waals surface area contributed by atoms with Crippen LogP contribution in [0.25, 0.3) is 0 Å². The Balaban J connectivity index is 3.46. The van der Waals surface area contributed by atoms with Crippen LogP contribution in [0.5, 0.6) is 0 Å². The number of amides is 1. The second-order valence-electron chi connectivity index (χ2n) is 2.73. The number of carbonyl (C=O) groups is 1. The predicted octanol–water partition coefficient (Wildman–Crippen LogP) is -0.730. The van der Waals surface area contributed by atoms with Gasteiger partial charge >= 0.3 is 0 Å². The smallest absolute Gasteiger partial charge is 0.235 e. The van der Waals surface area contributed by atoms with E-state index in [2.05, 4.69) is 6.92 Å². The van der Waals surface area contributed by atoms with E-state index in [4.69, 9.17) is 17.2 Å². The molecule has 4 nitrogen and oxygen atoms in total. The van der Waals surface area contributed by atoms with Crippen molar-refractivity contribution in [3.8, 4) is 0 Å². The van der Waals surface area contributed by atoms with Gasteiger partial charge in [-0.3, -0.25) is 4.79 Å². The summed E-state index contributed by atoms with van der Waals surface area (Å²) >= 11 is 1.63. The summed E-state index contributed by atoms with van der Waals surface area (Å²) < 4.78 is 0. The van der Waals surface area contributed by atoms with Gasteiger partial charge < -0.3 is 17.2 Å². The first-order valence-corrected chi connectivity index (χ1v) is 4.99. The lowest BCUT2D eigenvalue weighted by molar-refractivity contribution is -0.118. The van der Waals surface area contributed by atoms with E-state index < -0.39 is 11.9 Å². The van der Waals surface area contributed by atoms with Gasteiger partial charge in [-0.15, -0.1) is 0 Å². The van der Waals surface area contributed by atoms with Crippen molar-refractivity contribution in [1.82, 2.24) is 0 Å². The molecule has 0 aliphatic heterocycles. The molecule has 0 radical (unpaired) electrons. The molecular weight excluding hydrogens is 174 g/mol. The van der Waals surface area contributed by atoms with E-state index in [1.165, 1.54) is 0 Å². The highest BCUT2D eigenvalue weighted by Gasteiger charge is 2.10. The lowest BCUT2D eigenvalue weighted by Crippen LogP contribution is -2.38. The first kappa shape index (κ1) is 11.7. The molecule has 0 aliphatic rings. The Bertz CT molecular complexity index is 143. The van der Waals surface area contributed by atoms with Crippen molar-refractivity contribution in [2.45, 2.75) is 24.6 Å². The topological polar surface area (TPSA) is 95.1 Å². The molecule has 0 aromatic heterocycles. The molecule has 2 unspecified atom stereocenters. The first-order chi connectivity index (χ1) is 5.57. The van der Waals surface area contributed by atoms with Crippen molar-refractivity contribution in [2.24, 2.45) is 17.2 Å². The van der Waals surface area contributed by atoms with Gasteiger partial charge in [0, 0.05) is 11.0 Å². The SMILES string of the molecule is CC(CCN)SCC(N)C(N)=O. The standard InChI is InChI=1S/C7H17N3OS/c1-5(2-3-8)12-4-6(9)7(10)11/h5-6H,2-4,8-9H2,1H3,(H2,10,11). The highest BCUT2D eigenvalue weighted by atomic mass is 32.2. The third kappa shape index (κ3) is 5.40. The largest absolute Gasteiger partial charge is 0.368 e. The molecule has 0 rings (SSSR count). The summed E-state index contributed by atoms with van der Waals surface area (Å²) in [5.41, 5.74) is 15.8. The van der Waals surface area contributed by atoms with Crippen molar-refractivity contribution in [3.63, 3.8) is 0 Å². The van der Waals surface area contributed by atoms with E-state index >= 15 is 0 Å². The van der Waals surface area contributed by atoms with Crippen LogP contribution in [-0.4, -0.2) is 29.5 Å². The molecule has 5 heteroatoms. The lowest BCUT2D eigenvalue weighted by Gasteiger charge is -2.11. The summed E-state index contributed by atoms with van der Waals surface area (Å²) in [7, 11) is 0. The van der Waals surface area contributed by atoms with Crippen LogP contribution in [0.3, 0.4) is 0 Å². The molecule has 0 heterocycles. The second-order valence-corrected chi connectivity index (χ2v) is 4.20. The van der Waals surface area contributed by atoms with Crippen molar-refractivity contribution in [3.05, 3.63) is 0 Å². The molecule has 6 N–H and O–H groups in total. The maximum absolute atomic E-state index is 10.5. The number of hydrogen-bond donors (Lipinski definition) is 3. The molecule has 0 saturated heterocycles. The van der Waals surface area contributed by atoms with E-state index in [0.717, 1.165) is 6.42 Å². The first-order valence-electron chi connectivity index (χ1n) is 3.94. The van der Waals surface area contributed by atoms with Crippen LogP contribution in [0.4, 0.5) is 0 Å². The van der Waals surface area contributed by atoms with Crippen LogP contribution in [0.1, 0.15) is 13.3 Å². The summed E-state index contributed by atoms with van der Waals surface area (Å²) in [6, 6.07) is -0.532. The van der Waals surface area contributed by atoms with Crippen molar-refractivity contribution < 1.29 is 4.79 Å². The van der Waals surface area contributed by atoms with E-state index in [-0.39, 0.29) is 0 Å². The molecule has 0 fully saturated rings. The Kier molecular flexibility index (Phi) is 6.14. The maximum Gasteiger partial charge on any atom is 0.235 e. The zero-order valence-corrected chi connectivity index (χ0v) is 8.14. The van der Waals surface area contributed by atoms with Crippen LogP contribution in [0.15, 0.2) is 0 Å². The van der Waals surface area contributed by atoms with Crippen LogP contribution < -0.4 is 17.2 Å². The molecule has 0 aromatic carbocycles. The molecular formula is C7H17N3OS. The molecule has 2 atom stereocenters. The average Bonchev–Trinajstić information content (AvgIpc) is 2.00. The second kappa shape index (κ2) is 6.28. The fourth-order valence-corrected chi connectivity index (χ4v) is 1.67. The molecule has 1 amide bonds. The van der Waals surface area contributed by atoms with Gasteiger partial charge in [0.1, 0.15) is 0 Å². The number of thioether (sulfide) groups is 1. The highest BCUT2D eigenvalue weighted by molar-refractivity contribution is 7.99. The molecule has 0 bridgehead atoms. The third-order valence-corrected chi connectivity index (χ3v) is 2.86. The predicted molar refractivity (Wildman–Crippen MR) is 52.8 cm³/mol. The monoisotopic (exact) mass is 191 g/mol. The molecule has 72 valence electrons. The minimum atomic E-state index is -0.532. The van der Waals surface area contributed by atoms with Gasteiger partial charge in [-0.05, 0) is 13.0 Å². The molecule has 0 saturated carbocycles. The Morgan fingerprint density at radius 1 is 1.58 bits per heavy atom. The number of hydrogen-bond acceptors (Lipinski definition) is 4. The number of primary amides is 1.